The van der Waals surface area contributed by atoms with Gasteiger partial charge in [0, 0.05) is 40.5 Å². The van der Waals surface area contributed by atoms with E-state index in [9.17, 15) is 0 Å². The van der Waals surface area contributed by atoms with Crippen LogP contribution in [0.1, 0.15) is 30.9 Å². The minimum absolute atomic E-state index is 0.490. The number of rotatable bonds is 4. The van der Waals surface area contributed by atoms with E-state index in [0.29, 0.717) is 12.1 Å². The summed E-state index contributed by atoms with van der Waals surface area (Å²) in [4.78, 5) is 4.15. The fraction of sp³-hybridized carbons (Fsp3) is 0.400. The van der Waals surface area contributed by atoms with E-state index in [2.05, 4.69) is 43.1 Å². The van der Waals surface area contributed by atoms with Gasteiger partial charge in [-0.25, -0.2) is 4.98 Å². The average molecular weight is 355 g/mol. The molecule has 1 N–H and O–H groups in total. The van der Waals surface area contributed by atoms with E-state index in [1.807, 2.05) is 24.7 Å². The van der Waals surface area contributed by atoms with Crippen molar-refractivity contribution in [2.45, 2.75) is 37.9 Å². The van der Waals surface area contributed by atoms with E-state index in [1.54, 1.807) is 0 Å². The summed E-state index contributed by atoms with van der Waals surface area (Å²) in [7, 11) is 0. The third-order valence-electron chi connectivity index (χ3n) is 3.96. The molecule has 3 rings (SSSR count). The summed E-state index contributed by atoms with van der Waals surface area (Å²) in [6, 6.07) is 7.04. The fourth-order valence-electron chi connectivity index (χ4n) is 2.91. The molecule has 1 aliphatic carbocycles. The molecule has 1 aliphatic rings. The molecule has 2 aromatic rings. The number of nitrogens with zero attached hydrogens (tertiary/aromatic N) is 2. The zero-order valence-electron chi connectivity index (χ0n) is 11.1. The normalized spacial score (nSPS) is 22.3. The van der Waals surface area contributed by atoms with Crippen LogP contribution in [0.5, 0.6) is 0 Å². The maximum Gasteiger partial charge on any atom is 0.0949 e. The molecule has 5 heteroatoms. The van der Waals surface area contributed by atoms with Gasteiger partial charge >= 0.3 is 0 Å². The SMILES string of the molecule is Clc1cc(Br)ccc1CNC1CCCC1n1ccnc1. The topological polar surface area (TPSA) is 29.9 Å². The first-order valence-electron chi connectivity index (χ1n) is 6.89. The van der Waals surface area contributed by atoms with Crippen molar-refractivity contribution >= 4 is 27.5 Å². The molecule has 1 fully saturated rings. The number of halogens is 2. The minimum Gasteiger partial charge on any atom is -0.333 e. The molecule has 0 spiro atoms. The van der Waals surface area contributed by atoms with Crippen molar-refractivity contribution in [1.29, 1.82) is 0 Å². The Labute approximate surface area is 132 Å². The first kappa shape index (κ1) is 14.1. The molecule has 1 heterocycles. The second kappa shape index (κ2) is 6.29. The number of hydrogen-bond acceptors (Lipinski definition) is 2. The third kappa shape index (κ3) is 3.08. The van der Waals surface area contributed by atoms with Crippen molar-refractivity contribution in [3.63, 3.8) is 0 Å². The van der Waals surface area contributed by atoms with Gasteiger partial charge in [0.15, 0.2) is 0 Å². The molecule has 2 atom stereocenters. The highest BCUT2D eigenvalue weighted by Gasteiger charge is 2.27. The highest BCUT2D eigenvalue weighted by Crippen LogP contribution is 2.30. The van der Waals surface area contributed by atoms with Crippen molar-refractivity contribution in [2.75, 3.05) is 0 Å². The standard InChI is InChI=1S/C15H17BrClN3/c16-12-5-4-11(13(17)8-12)9-19-14-2-1-3-15(14)20-7-6-18-10-20/h4-8,10,14-15,19H,1-3,9H2. The lowest BCUT2D eigenvalue weighted by molar-refractivity contribution is 0.390. The molecule has 0 radical (unpaired) electrons. The Morgan fingerprint density at radius 1 is 1.40 bits per heavy atom. The summed E-state index contributed by atoms with van der Waals surface area (Å²) in [5.41, 5.74) is 1.14. The Balaban J connectivity index is 1.65. The quantitative estimate of drug-likeness (QED) is 0.892. The number of nitrogens with one attached hydrogen (secondary N) is 1. The third-order valence-corrected chi connectivity index (χ3v) is 4.80. The Morgan fingerprint density at radius 2 is 2.30 bits per heavy atom. The molecule has 0 saturated heterocycles. The van der Waals surface area contributed by atoms with Crippen LogP contribution >= 0.6 is 27.5 Å². The van der Waals surface area contributed by atoms with E-state index in [0.717, 1.165) is 21.6 Å². The molecule has 1 aromatic heterocycles. The fourth-order valence-corrected chi connectivity index (χ4v) is 3.65. The van der Waals surface area contributed by atoms with Gasteiger partial charge < -0.3 is 9.88 Å². The van der Waals surface area contributed by atoms with Crippen LogP contribution in [0, 0.1) is 0 Å². The average Bonchev–Trinajstić information content (AvgIpc) is 3.08. The van der Waals surface area contributed by atoms with Gasteiger partial charge in [-0.05, 0) is 37.0 Å². The lowest BCUT2D eigenvalue weighted by atomic mass is 10.1. The molecule has 2 unspecified atom stereocenters. The van der Waals surface area contributed by atoms with E-state index in [-0.39, 0.29) is 0 Å². The zero-order chi connectivity index (χ0) is 13.9. The van der Waals surface area contributed by atoms with Crippen LogP contribution in [-0.2, 0) is 6.54 Å². The number of benzene rings is 1. The van der Waals surface area contributed by atoms with E-state index in [1.165, 1.54) is 19.3 Å². The second-order valence-corrected chi connectivity index (χ2v) is 6.55. The number of hydrogen-bond donors (Lipinski definition) is 1. The predicted molar refractivity (Wildman–Crippen MR) is 84.9 cm³/mol. The van der Waals surface area contributed by atoms with Crippen LogP contribution in [0.25, 0.3) is 0 Å². The van der Waals surface area contributed by atoms with Crippen molar-refractivity contribution < 1.29 is 0 Å². The largest absolute Gasteiger partial charge is 0.333 e. The summed E-state index contributed by atoms with van der Waals surface area (Å²) >= 11 is 9.70. The molecule has 106 valence electrons. The molecule has 20 heavy (non-hydrogen) atoms. The van der Waals surface area contributed by atoms with Gasteiger partial charge in [0.25, 0.3) is 0 Å². The van der Waals surface area contributed by atoms with Crippen molar-refractivity contribution in [2.24, 2.45) is 0 Å². The van der Waals surface area contributed by atoms with Crippen LogP contribution < -0.4 is 5.32 Å². The highest BCUT2D eigenvalue weighted by molar-refractivity contribution is 9.10. The van der Waals surface area contributed by atoms with Gasteiger partial charge in [-0.1, -0.05) is 33.6 Å². The molecular formula is C15H17BrClN3. The maximum absolute atomic E-state index is 6.27. The van der Waals surface area contributed by atoms with Gasteiger partial charge in [0.05, 0.1) is 6.33 Å². The monoisotopic (exact) mass is 353 g/mol. The molecular weight excluding hydrogens is 338 g/mol. The predicted octanol–water partition coefficient (Wildman–Crippen LogP) is 4.18. The molecule has 0 amide bonds. The molecule has 1 saturated carbocycles. The van der Waals surface area contributed by atoms with Gasteiger partial charge in [-0.2, -0.15) is 0 Å². The first-order valence-corrected chi connectivity index (χ1v) is 8.06. The Bertz CT molecular complexity index is 571. The number of aromatic nitrogens is 2. The summed E-state index contributed by atoms with van der Waals surface area (Å²) in [5, 5.41) is 4.46. The molecule has 0 bridgehead atoms. The van der Waals surface area contributed by atoms with E-state index >= 15 is 0 Å². The molecule has 0 aliphatic heterocycles. The Kier molecular flexibility index (Phi) is 4.44. The summed E-state index contributed by atoms with van der Waals surface area (Å²) in [6.07, 6.45) is 9.49. The first-order chi connectivity index (χ1) is 9.74. The summed E-state index contributed by atoms with van der Waals surface area (Å²) < 4.78 is 3.23. The van der Waals surface area contributed by atoms with Crippen LogP contribution in [0.15, 0.2) is 41.4 Å². The zero-order valence-corrected chi connectivity index (χ0v) is 13.4. The van der Waals surface area contributed by atoms with Gasteiger partial charge in [-0.3, -0.25) is 0 Å². The van der Waals surface area contributed by atoms with Crippen LogP contribution in [-0.4, -0.2) is 15.6 Å². The van der Waals surface area contributed by atoms with Crippen LogP contribution in [0.2, 0.25) is 5.02 Å². The van der Waals surface area contributed by atoms with Crippen molar-refractivity contribution in [3.8, 4) is 0 Å². The second-order valence-electron chi connectivity index (χ2n) is 5.23. The maximum atomic E-state index is 6.27. The lowest BCUT2D eigenvalue weighted by Crippen LogP contribution is -2.33. The molecule has 1 aromatic carbocycles. The van der Waals surface area contributed by atoms with E-state index < -0.39 is 0 Å². The van der Waals surface area contributed by atoms with E-state index in [4.69, 9.17) is 11.6 Å². The van der Waals surface area contributed by atoms with Gasteiger partial charge in [0.1, 0.15) is 0 Å². The molecule has 3 nitrogen and oxygen atoms in total. The Morgan fingerprint density at radius 3 is 3.05 bits per heavy atom. The summed E-state index contributed by atoms with van der Waals surface area (Å²) in [6.45, 7) is 0.808. The highest BCUT2D eigenvalue weighted by atomic mass is 79.9. The lowest BCUT2D eigenvalue weighted by Gasteiger charge is -2.22. The summed E-state index contributed by atoms with van der Waals surface area (Å²) in [5.74, 6) is 0. The minimum atomic E-state index is 0.490. The Hall–Kier alpha value is -0.840. The number of imidazole rings is 1. The van der Waals surface area contributed by atoms with Crippen molar-refractivity contribution in [3.05, 3.63) is 52.0 Å². The van der Waals surface area contributed by atoms with Crippen LogP contribution in [0.3, 0.4) is 0 Å². The van der Waals surface area contributed by atoms with Gasteiger partial charge in [0.2, 0.25) is 0 Å². The van der Waals surface area contributed by atoms with Gasteiger partial charge in [-0.15, -0.1) is 0 Å². The smallest absolute Gasteiger partial charge is 0.0949 e. The van der Waals surface area contributed by atoms with Crippen LogP contribution in [0.4, 0.5) is 0 Å². The van der Waals surface area contributed by atoms with Crippen molar-refractivity contribution in [1.82, 2.24) is 14.9 Å².